The van der Waals surface area contributed by atoms with Gasteiger partial charge in [-0.1, -0.05) is 29.8 Å². The highest BCUT2D eigenvalue weighted by molar-refractivity contribution is 6.03. The molecule has 3 rings (SSSR count). The fourth-order valence-electron chi connectivity index (χ4n) is 4.00. The van der Waals surface area contributed by atoms with Crippen LogP contribution in [0.2, 0.25) is 0 Å². The number of allylic oxidation sites excluding steroid dienone is 1. The van der Waals surface area contributed by atoms with Gasteiger partial charge < -0.3 is 15.2 Å². The Morgan fingerprint density at radius 1 is 1.10 bits per heavy atom. The van der Waals surface area contributed by atoms with Gasteiger partial charge in [0.25, 0.3) is 0 Å². The fraction of sp³-hybridized carbons (Fsp3) is 0.360. The molecule has 1 aliphatic heterocycles. The lowest BCUT2D eigenvalue weighted by atomic mass is 9.81. The maximum Gasteiger partial charge on any atom is 0.209 e. The Hall–Kier alpha value is -2.88. The number of hydrogen-bond donors (Lipinski definition) is 1. The van der Waals surface area contributed by atoms with Gasteiger partial charge in [-0.3, -0.25) is 0 Å². The molecule has 0 saturated heterocycles. The van der Waals surface area contributed by atoms with Crippen LogP contribution >= 0.6 is 0 Å². The number of carbonyl (C=O) groups excluding carboxylic acids is 1. The molecule has 4 heteroatoms. The van der Waals surface area contributed by atoms with Crippen molar-refractivity contribution in [3.8, 4) is 0 Å². The first kappa shape index (κ1) is 20.8. The lowest BCUT2D eigenvalue weighted by Crippen LogP contribution is -2.28. The third kappa shape index (κ3) is 4.94. The number of aryl methyl sites for hydroxylation is 1. The van der Waals surface area contributed by atoms with Crippen LogP contribution < -0.4 is 10.4 Å². The average molecular weight is 391 g/mol. The number of rotatable bonds is 9. The van der Waals surface area contributed by atoms with Gasteiger partial charge in [-0.15, -0.1) is 0 Å². The maximum absolute atomic E-state index is 10.6. The molecule has 0 atom stereocenters. The summed E-state index contributed by atoms with van der Waals surface area (Å²) in [4.78, 5) is 10.6. The van der Waals surface area contributed by atoms with Crippen molar-refractivity contribution in [2.24, 2.45) is 0 Å². The Labute approximate surface area is 173 Å². The molecule has 1 aliphatic rings. The number of fused-ring (bicyclic) bond motifs is 1. The third-order valence-corrected chi connectivity index (χ3v) is 5.57. The number of carboxylic acid groups (broad SMARTS) is 1. The number of nitrogens with one attached hydrogen (secondary N) is 1. The summed E-state index contributed by atoms with van der Waals surface area (Å²) in [6, 6.07) is 16.8. The standard InChI is InChI=1S/C25H30N2O2/c1-19-13-14-22-21(18-19)25(2,3)23(15-16-26-20-10-6-4-7-11-20)27(22)17-9-5-8-12-24(28)29/h4,6-7,10-11,13-16,18H,5,8-9,12,17H2,1-3H3,(H,28,29). The van der Waals surface area contributed by atoms with Crippen molar-refractivity contribution >= 4 is 23.1 Å². The Morgan fingerprint density at radius 3 is 2.59 bits per heavy atom. The van der Waals surface area contributed by atoms with Crippen LogP contribution in [0.5, 0.6) is 0 Å². The largest absolute Gasteiger partial charge is 0.550 e. The van der Waals surface area contributed by atoms with E-state index in [-0.39, 0.29) is 11.8 Å². The summed E-state index contributed by atoms with van der Waals surface area (Å²) in [5, 5.41) is 14.0. The van der Waals surface area contributed by atoms with Crippen LogP contribution in [-0.4, -0.2) is 22.8 Å². The molecular weight excluding hydrogens is 360 g/mol. The molecule has 0 aromatic heterocycles. The zero-order valence-corrected chi connectivity index (χ0v) is 17.6. The molecule has 0 spiro atoms. The molecule has 2 aromatic rings. The Bertz CT molecular complexity index is 927. The number of unbranched alkanes of at least 4 members (excludes halogenated alkanes) is 2. The molecule has 1 heterocycles. The number of carboxylic acids is 1. The number of nitrogens with zero attached hydrogens (tertiary/aromatic N) is 1. The number of aliphatic carboxylic acids is 1. The second-order valence-corrected chi connectivity index (χ2v) is 8.21. The van der Waals surface area contributed by atoms with Crippen LogP contribution in [0.15, 0.2) is 60.8 Å². The number of hydrogen-bond acceptors (Lipinski definition) is 3. The summed E-state index contributed by atoms with van der Waals surface area (Å²) < 4.78 is 2.39. The van der Waals surface area contributed by atoms with Gasteiger partial charge in [0.05, 0.1) is 5.41 Å². The van der Waals surface area contributed by atoms with Gasteiger partial charge in [-0.05, 0) is 58.2 Å². The lowest BCUT2D eigenvalue weighted by Gasteiger charge is -2.16. The molecule has 2 aromatic carbocycles. The molecule has 0 aliphatic carbocycles. The zero-order chi connectivity index (χ0) is 20.9. The molecule has 0 amide bonds. The predicted molar refractivity (Wildman–Crippen MR) is 117 cm³/mol. The van der Waals surface area contributed by atoms with E-state index in [1.807, 2.05) is 36.5 Å². The first-order chi connectivity index (χ1) is 13.9. The van der Waals surface area contributed by atoms with Gasteiger partial charge in [0.2, 0.25) is 5.69 Å². The molecular formula is C25H30N2O2. The topological polar surface area (TPSA) is 55.2 Å². The molecule has 152 valence electrons. The van der Waals surface area contributed by atoms with E-state index in [9.17, 15) is 9.90 Å². The minimum atomic E-state index is -0.963. The summed E-state index contributed by atoms with van der Waals surface area (Å²) in [5.41, 5.74) is 6.06. The van der Waals surface area contributed by atoms with E-state index >= 15 is 0 Å². The van der Waals surface area contributed by atoms with E-state index in [0.717, 1.165) is 25.1 Å². The SMILES string of the molecule is Cc1ccc2c(c1)C(C)(C)C(/C=C/Nc1ccccc1)=[N+]2CCCCCC(=O)[O-]. The summed E-state index contributed by atoms with van der Waals surface area (Å²) in [5.74, 6) is -0.963. The predicted octanol–water partition coefficient (Wildman–Crippen LogP) is 4.31. The van der Waals surface area contributed by atoms with Crippen LogP contribution in [0.25, 0.3) is 0 Å². The van der Waals surface area contributed by atoms with Crippen LogP contribution in [0.3, 0.4) is 0 Å². The van der Waals surface area contributed by atoms with Gasteiger partial charge in [0, 0.05) is 42.0 Å². The second-order valence-electron chi connectivity index (χ2n) is 8.21. The van der Waals surface area contributed by atoms with Crippen LogP contribution in [0.1, 0.15) is 50.7 Å². The van der Waals surface area contributed by atoms with Crippen molar-refractivity contribution in [1.82, 2.24) is 0 Å². The molecule has 29 heavy (non-hydrogen) atoms. The van der Waals surface area contributed by atoms with Crippen molar-refractivity contribution in [1.29, 1.82) is 0 Å². The summed E-state index contributed by atoms with van der Waals surface area (Å²) in [7, 11) is 0. The molecule has 1 N–H and O–H groups in total. The van der Waals surface area contributed by atoms with Crippen molar-refractivity contribution in [3.63, 3.8) is 0 Å². The highest BCUT2D eigenvalue weighted by Crippen LogP contribution is 2.40. The smallest absolute Gasteiger partial charge is 0.209 e. The second kappa shape index (κ2) is 9.08. The van der Waals surface area contributed by atoms with E-state index in [1.165, 1.54) is 22.5 Å². The molecule has 4 nitrogen and oxygen atoms in total. The van der Waals surface area contributed by atoms with Crippen LogP contribution in [0, 0.1) is 6.92 Å². The highest BCUT2D eigenvalue weighted by Gasteiger charge is 2.44. The van der Waals surface area contributed by atoms with Crippen molar-refractivity contribution < 1.29 is 14.5 Å². The average Bonchev–Trinajstić information content (AvgIpc) is 2.89. The van der Waals surface area contributed by atoms with Gasteiger partial charge in [-0.2, -0.15) is 4.58 Å². The fourth-order valence-corrected chi connectivity index (χ4v) is 4.00. The quantitative estimate of drug-likeness (QED) is 0.513. The van der Waals surface area contributed by atoms with Crippen molar-refractivity contribution in [2.45, 2.75) is 51.9 Å². The number of para-hydroxylation sites is 1. The first-order valence-electron chi connectivity index (χ1n) is 10.3. The molecule has 0 fully saturated rings. The van der Waals surface area contributed by atoms with Gasteiger partial charge in [0.15, 0.2) is 5.71 Å². The van der Waals surface area contributed by atoms with E-state index < -0.39 is 5.97 Å². The van der Waals surface area contributed by atoms with E-state index in [2.05, 4.69) is 54.9 Å². The van der Waals surface area contributed by atoms with Crippen molar-refractivity contribution in [2.75, 3.05) is 11.9 Å². The minimum Gasteiger partial charge on any atom is -0.550 e. The summed E-state index contributed by atoms with van der Waals surface area (Å²) >= 11 is 0. The minimum absolute atomic E-state index is 0.0960. The first-order valence-corrected chi connectivity index (χ1v) is 10.3. The van der Waals surface area contributed by atoms with Gasteiger partial charge in [0.1, 0.15) is 6.54 Å². The maximum atomic E-state index is 10.6. The van der Waals surface area contributed by atoms with Crippen molar-refractivity contribution in [3.05, 3.63) is 71.9 Å². The summed E-state index contributed by atoms with van der Waals surface area (Å²) in [6.07, 6.45) is 6.81. The van der Waals surface area contributed by atoms with E-state index in [0.29, 0.717) is 6.42 Å². The lowest BCUT2D eigenvalue weighted by molar-refractivity contribution is -0.438. The van der Waals surface area contributed by atoms with Gasteiger partial charge >= 0.3 is 0 Å². The Morgan fingerprint density at radius 2 is 1.86 bits per heavy atom. The number of benzene rings is 2. The number of anilines is 1. The highest BCUT2D eigenvalue weighted by atomic mass is 16.4. The number of carbonyl (C=O) groups is 1. The zero-order valence-electron chi connectivity index (χ0n) is 17.6. The Balaban J connectivity index is 1.83. The Kier molecular flexibility index (Phi) is 6.53. The van der Waals surface area contributed by atoms with E-state index in [1.54, 1.807) is 0 Å². The molecule has 0 saturated carbocycles. The molecule has 0 bridgehead atoms. The normalized spacial score (nSPS) is 15.0. The van der Waals surface area contributed by atoms with Crippen LogP contribution in [0.4, 0.5) is 11.4 Å². The molecule has 0 unspecified atom stereocenters. The summed E-state index contributed by atoms with van der Waals surface area (Å²) in [6.45, 7) is 7.54. The molecule has 0 radical (unpaired) electrons. The monoisotopic (exact) mass is 390 g/mol. The van der Waals surface area contributed by atoms with Crippen LogP contribution in [-0.2, 0) is 10.2 Å². The van der Waals surface area contributed by atoms with E-state index in [4.69, 9.17) is 0 Å². The third-order valence-electron chi connectivity index (χ3n) is 5.57. The van der Waals surface area contributed by atoms with Gasteiger partial charge in [-0.25, -0.2) is 0 Å².